The Balaban J connectivity index is 1.96. The van der Waals surface area contributed by atoms with Gasteiger partial charge in [-0.05, 0) is 62.7 Å². The third kappa shape index (κ3) is 5.75. The van der Waals surface area contributed by atoms with Gasteiger partial charge in [-0.25, -0.2) is 22.5 Å². The Morgan fingerprint density at radius 1 is 1.23 bits per heavy atom. The maximum absolute atomic E-state index is 13.4. The summed E-state index contributed by atoms with van der Waals surface area (Å²) in [6.07, 6.45) is 0.642. The first-order valence-corrected chi connectivity index (χ1v) is 12.2. The minimum absolute atomic E-state index is 0.0159. The van der Waals surface area contributed by atoms with Crippen molar-refractivity contribution in [3.8, 4) is 0 Å². The molecule has 0 aliphatic carbocycles. The highest BCUT2D eigenvalue weighted by Crippen LogP contribution is 2.23. The van der Waals surface area contributed by atoms with E-state index in [9.17, 15) is 17.6 Å². The highest BCUT2D eigenvalue weighted by molar-refractivity contribution is 7.89. The van der Waals surface area contributed by atoms with Crippen molar-refractivity contribution >= 4 is 33.0 Å². The fraction of sp³-hybridized carbons (Fsp3) is 0.273. The van der Waals surface area contributed by atoms with Gasteiger partial charge in [-0.2, -0.15) is 0 Å². The molecule has 31 heavy (non-hydrogen) atoms. The third-order valence-corrected chi connectivity index (χ3v) is 7.14. The molecule has 0 radical (unpaired) electrons. The Kier molecular flexibility index (Phi) is 7.19. The van der Waals surface area contributed by atoms with E-state index in [2.05, 4.69) is 9.71 Å². The van der Waals surface area contributed by atoms with Gasteiger partial charge in [0.25, 0.3) is 5.91 Å². The van der Waals surface area contributed by atoms with E-state index < -0.39 is 21.7 Å². The Morgan fingerprint density at radius 2 is 1.94 bits per heavy atom. The summed E-state index contributed by atoms with van der Waals surface area (Å²) in [5.41, 5.74) is 1.40. The summed E-state index contributed by atoms with van der Waals surface area (Å²) in [6, 6.07) is 11.3. The molecule has 0 saturated carbocycles. The molecule has 0 aliphatic rings. The zero-order valence-corrected chi connectivity index (χ0v) is 19.1. The minimum atomic E-state index is -3.76. The Hall–Kier alpha value is -2.62. The SMILES string of the molecule is CCC(C)NS(=O)(=O)c1cccc(C(=O)N(Cc2csc(C)n2)c2ccc(F)cc2)c1. The summed E-state index contributed by atoms with van der Waals surface area (Å²) in [4.78, 5) is 19.3. The molecule has 9 heteroatoms. The van der Waals surface area contributed by atoms with Crippen LogP contribution in [0.25, 0.3) is 0 Å². The third-order valence-electron chi connectivity index (χ3n) is 4.73. The lowest BCUT2D eigenvalue weighted by molar-refractivity contribution is 0.0984. The average molecular weight is 462 g/mol. The van der Waals surface area contributed by atoms with Crippen LogP contribution in [0.5, 0.6) is 0 Å². The summed E-state index contributed by atoms with van der Waals surface area (Å²) in [5.74, 6) is -0.817. The molecule has 1 heterocycles. The molecule has 164 valence electrons. The van der Waals surface area contributed by atoms with Crippen LogP contribution in [0.3, 0.4) is 0 Å². The predicted molar refractivity (Wildman–Crippen MR) is 120 cm³/mol. The molecule has 0 spiro atoms. The maximum atomic E-state index is 13.4. The number of hydrogen-bond donors (Lipinski definition) is 1. The number of benzene rings is 2. The molecule has 0 bridgehead atoms. The quantitative estimate of drug-likeness (QED) is 0.535. The van der Waals surface area contributed by atoms with Gasteiger partial charge >= 0.3 is 0 Å². The number of carbonyl (C=O) groups excluding carboxylic acids is 1. The zero-order chi connectivity index (χ0) is 22.6. The molecule has 1 atom stereocenters. The summed E-state index contributed by atoms with van der Waals surface area (Å²) in [5, 5.41) is 2.72. The summed E-state index contributed by atoms with van der Waals surface area (Å²) in [7, 11) is -3.76. The number of anilines is 1. The largest absolute Gasteiger partial charge is 0.302 e. The molecule has 1 aromatic heterocycles. The van der Waals surface area contributed by atoms with Crippen LogP contribution in [0.4, 0.5) is 10.1 Å². The lowest BCUT2D eigenvalue weighted by atomic mass is 10.1. The molecule has 3 rings (SSSR count). The maximum Gasteiger partial charge on any atom is 0.258 e. The standard InChI is InChI=1S/C22H24FN3O3S2/c1-4-15(2)25-31(28,29)21-7-5-6-17(12-21)22(27)26(13-19-14-30-16(3)24-19)20-10-8-18(23)9-11-20/h5-12,14-15,25H,4,13H2,1-3H3. The van der Waals surface area contributed by atoms with Gasteiger partial charge in [0.1, 0.15) is 5.82 Å². The van der Waals surface area contributed by atoms with Crippen LogP contribution in [0, 0.1) is 12.7 Å². The first-order valence-electron chi connectivity index (χ1n) is 9.80. The van der Waals surface area contributed by atoms with E-state index in [4.69, 9.17) is 0 Å². The predicted octanol–water partition coefficient (Wildman–Crippen LogP) is 4.51. The molecule has 1 amide bonds. The molecule has 0 fully saturated rings. The Labute approximate surface area is 185 Å². The number of nitrogens with one attached hydrogen (secondary N) is 1. The van der Waals surface area contributed by atoms with Gasteiger partial charge in [-0.15, -0.1) is 11.3 Å². The highest BCUT2D eigenvalue weighted by atomic mass is 32.2. The van der Waals surface area contributed by atoms with Crippen molar-refractivity contribution in [1.82, 2.24) is 9.71 Å². The first-order chi connectivity index (χ1) is 14.7. The lowest BCUT2D eigenvalue weighted by Gasteiger charge is -2.22. The second kappa shape index (κ2) is 9.67. The van der Waals surface area contributed by atoms with Gasteiger partial charge in [-0.3, -0.25) is 4.79 Å². The van der Waals surface area contributed by atoms with Crippen LogP contribution in [0.15, 0.2) is 58.8 Å². The number of carbonyl (C=O) groups is 1. The van der Waals surface area contributed by atoms with E-state index in [1.54, 1.807) is 13.0 Å². The Morgan fingerprint density at radius 3 is 2.55 bits per heavy atom. The van der Waals surface area contributed by atoms with Gasteiger partial charge in [0, 0.05) is 22.7 Å². The molecular formula is C22H24FN3O3S2. The Bertz CT molecular complexity index is 1160. The molecule has 3 aromatic rings. The number of amides is 1. The van der Waals surface area contributed by atoms with Crippen LogP contribution in [-0.2, 0) is 16.6 Å². The van der Waals surface area contributed by atoms with Gasteiger partial charge in [0.15, 0.2) is 0 Å². The number of rotatable bonds is 8. The van der Waals surface area contributed by atoms with Gasteiger partial charge in [0.2, 0.25) is 10.0 Å². The van der Waals surface area contributed by atoms with E-state index in [1.807, 2.05) is 19.2 Å². The van der Waals surface area contributed by atoms with Crippen molar-refractivity contribution < 1.29 is 17.6 Å². The van der Waals surface area contributed by atoms with Crippen molar-refractivity contribution in [2.45, 2.75) is 44.7 Å². The van der Waals surface area contributed by atoms with Crippen LogP contribution in [0.1, 0.15) is 41.3 Å². The second-order valence-corrected chi connectivity index (χ2v) is 9.96. The lowest BCUT2D eigenvalue weighted by Crippen LogP contribution is -2.33. The second-order valence-electron chi connectivity index (χ2n) is 7.18. The van der Waals surface area contributed by atoms with Crippen molar-refractivity contribution in [3.05, 3.63) is 76.0 Å². The minimum Gasteiger partial charge on any atom is -0.302 e. The zero-order valence-electron chi connectivity index (χ0n) is 17.5. The van der Waals surface area contributed by atoms with Crippen LogP contribution in [-0.4, -0.2) is 25.4 Å². The summed E-state index contributed by atoms with van der Waals surface area (Å²) >= 11 is 1.47. The van der Waals surface area contributed by atoms with Gasteiger partial charge in [-0.1, -0.05) is 13.0 Å². The van der Waals surface area contributed by atoms with E-state index in [1.165, 1.54) is 58.7 Å². The number of thiazole rings is 1. The van der Waals surface area contributed by atoms with Crippen LogP contribution in [0.2, 0.25) is 0 Å². The fourth-order valence-electron chi connectivity index (χ4n) is 2.91. The van der Waals surface area contributed by atoms with Crippen molar-refractivity contribution in [3.63, 3.8) is 0 Å². The molecule has 6 nitrogen and oxygen atoms in total. The van der Waals surface area contributed by atoms with Gasteiger partial charge in [0.05, 0.1) is 22.1 Å². The smallest absolute Gasteiger partial charge is 0.258 e. The average Bonchev–Trinajstić information content (AvgIpc) is 3.17. The molecule has 2 aromatic carbocycles. The van der Waals surface area contributed by atoms with E-state index >= 15 is 0 Å². The number of aromatic nitrogens is 1. The van der Waals surface area contributed by atoms with E-state index in [0.29, 0.717) is 17.8 Å². The molecule has 0 aliphatic heterocycles. The normalized spacial score (nSPS) is 12.5. The van der Waals surface area contributed by atoms with Crippen LogP contribution < -0.4 is 9.62 Å². The van der Waals surface area contributed by atoms with Crippen molar-refractivity contribution in [2.24, 2.45) is 0 Å². The molecule has 1 N–H and O–H groups in total. The number of hydrogen-bond acceptors (Lipinski definition) is 5. The van der Waals surface area contributed by atoms with Crippen LogP contribution >= 0.6 is 11.3 Å². The van der Waals surface area contributed by atoms with Gasteiger partial charge < -0.3 is 4.90 Å². The molecule has 0 saturated heterocycles. The number of sulfonamides is 1. The van der Waals surface area contributed by atoms with E-state index in [0.717, 1.165) is 5.01 Å². The monoisotopic (exact) mass is 461 g/mol. The topological polar surface area (TPSA) is 79.4 Å². The summed E-state index contributed by atoms with van der Waals surface area (Å²) < 4.78 is 41.4. The number of aryl methyl sites for hydroxylation is 1. The van der Waals surface area contributed by atoms with Crippen molar-refractivity contribution in [1.29, 1.82) is 0 Å². The van der Waals surface area contributed by atoms with E-state index in [-0.39, 0.29) is 23.0 Å². The number of nitrogens with zero attached hydrogens (tertiary/aromatic N) is 2. The highest BCUT2D eigenvalue weighted by Gasteiger charge is 2.23. The molecular weight excluding hydrogens is 437 g/mol. The number of halogens is 1. The fourth-order valence-corrected chi connectivity index (χ4v) is 4.89. The first kappa shape index (κ1) is 23.1. The molecule has 1 unspecified atom stereocenters. The summed E-state index contributed by atoms with van der Waals surface area (Å²) in [6.45, 7) is 5.71. The van der Waals surface area contributed by atoms with Crippen molar-refractivity contribution in [2.75, 3.05) is 4.90 Å².